The SMILES string of the molecule is ON1CCCNN1. The van der Waals surface area contributed by atoms with Gasteiger partial charge in [-0.15, -0.1) is 5.17 Å². The van der Waals surface area contributed by atoms with Crippen LogP contribution in [0.1, 0.15) is 6.42 Å². The maximum Gasteiger partial charge on any atom is 0.0425 e. The minimum atomic E-state index is 0.701. The smallest absolute Gasteiger partial charge is 0.0425 e. The molecule has 4 nitrogen and oxygen atoms in total. The molecule has 7 heavy (non-hydrogen) atoms. The van der Waals surface area contributed by atoms with Crippen LogP contribution in [0.5, 0.6) is 0 Å². The van der Waals surface area contributed by atoms with E-state index in [0.29, 0.717) is 6.54 Å². The maximum atomic E-state index is 8.57. The van der Waals surface area contributed by atoms with Gasteiger partial charge in [0, 0.05) is 13.1 Å². The molecule has 1 heterocycles. The second kappa shape index (κ2) is 2.23. The third kappa shape index (κ3) is 1.40. The van der Waals surface area contributed by atoms with E-state index in [4.69, 9.17) is 5.21 Å². The molecule has 0 spiro atoms. The Morgan fingerprint density at radius 2 is 2.43 bits per heavy atom. The molecule has 4 heteroatoms. The predicted octanol–water partition coefficient (Wildman–Crippen LogP) is -0.909. The molecule has 1 fully saturated rings. The largest absolute Gasteiger partial charge is 0.298 e. The molecule has 42 valence electrons. The topological polar surface area (TPSA) is 47.5 Å². The van der Waals surface area contributed by atoms with Crippen LogP contribution < -0.4 is 11.0 Å². The molecule has 1 aliphatic rings. The lowest BCUT2D eigenvalue weighted by Crippen LogP contribution is -2.50. The fraction of sp³-hybridized carbons (Fsp3) is 1.00. The van der Waals surface area contributed by atoms with Gasteiger partial charge in [-0.1, -0.05) is 0 Å². The van der Waals surface area contributed by atoms with Gasteiger partial charge in [0.2, 0.25) is 0 Å². The molecule has 0 aromatic heterocycles. The molecule has 1 aliphatic heterocycles. The van der Waals surface area contributed by atoms with Crippen molar-refractivity contribution in [3.8, 4) is 0 Å². The van der Waals surface area contributed by atoms with Crippen LogP contribution in [0.3, 0.4) is 0 Å². The van der Waals surface area contributed by atoms with Gasteiger partial charge in [-0.2, -0.15) is 5.53 Å². The molecule has 1 rings (SSSR count). The molecule has 0 atom stereocenters. The summed E-state index contributed by atoms with van der Waals surface area (Å²) >= 11 is 0. The molecular weight excluding hydrogens is 94.1 g/mol. The van der Waals surface area contributed by atoms with Crippen molar-refractivity contribution < 1.29 is 5.21 Å². The van der Waals surface area contributed by atoms with Crippen LogP contribution in [0.2, 0.25) is 0 Å². The average molecular weight is 103 g/mol. The average Bonchev–Trinajstić information content (AvgIpc) is 1.69. The van der Waals surface area contributed by atoms with E-state index in [1.165, 1.54) is 0 Å². The van der Waals surface area contributed by atoms with Gasteiger partial charge in [-0.05, 0) is 6.42 Å². The second-order valence-electron chi connectivity index (χ2n) is 1.52. The van der Waals surface area contributed by atoms with E-state index in [0.717, 1.165) is 18.1 Å². The van der Waals surface area contributed by atoms with E-state index in [1.54, 1.807) is 0 Å². The normalized spacial score (nSPS) is 25.3. The van der Waals surface area contributed by atoms with Gasteiger partial charge in [-0.3, -0.25) is 5.21 Å². The lowest BCUT2D eigenvalue weighted by atomic mass is 10.4. The van der Waals surface area contributed by atoms with Crippen LogP contribution in [-0.2, 0) is 0 Å². The predicted molar refractivity (Wildman–Crippen MR) is 24.2 cm³/mol. The summed E-state index contributed by atoms with van der Waals surface area (Å²) in [5, 5.41) is 9.60. The zero-order valence-corrected chi connectivity index (χ0v) is 4.02. The molecule has 1 saturated heterocycles. The van der Waals surface area contributed by atoms with Crippen LogP contribution in [0.25, 0.3) is 0 Å². The third-order valence-corrected chi connectivity index (χ3v) is 0.880. The van der Waals surface area contributed by atoms with Crippen molar-refractivity contribution in [1.82, 2.24) is 16.1 Å². The Bertz CT molecular complexity index is 52.1. The lowest BCUT2D eigenvalue weighted by Gasteiger charge is -2.21. The highest BCUT2D eigenvalue weighted by Gasteiger charge is 2.02. The summed E-state index contributed by atoms with van der Waals surface area (Å²) < 4.78 is 0. The van der Waals surface area contributed by atoms with Gasteiger partial charge in [0.05, 0.1) is 0 Å². The molecule has 0 radical (unpaired) electrons. The third-order valence-electron chi connectivity index (χ3n) is 0.880. The minimum Gasteiger partial charge on any atom is -0.298 e. The number of hydrogen-bond donors (Lipinski definition) is 3. The van der Waals surface area contributed by atoms with Crippen molar-refractivity contribution in [3.05, 3.63) is 0 Å². The number of hydrazine groups is 2. The molecule has 0 aromatic carbocycles. The Morgan fingerprint density at radius 1 is 1.57 bits per heavy atom. The Kier molecular flexibility index (Phi) is 1.59. The molecule has 0 unspecified atom stereocenters. The minimum absolute atomic E-state index is 0.701. The summed E-state index contributed by atoms with van der Waals surface area (Å²) in [5.41, 5.74) is 5.28. The standard InChI is InChI=1S/C3H9N3O/c7-6-3-1-2-4-5-6/h4-5,7H,1-3H2. The number of nitrogens with one attached hydrogen (secondary N) is 2. The van der Waals surface area contributed by atoms with Crippen molar-refractivity contribution in [2.24, 2.45) is 0 Å². The molecule has 0 bridgehead atoms. The van der Waals surface area contributed by atoms with E-state index in [9.17, 15) is 0 Å². The van der Waals surface area contributed by atoms with Gasteiger partial charge in [-0.25, -0.2) is 5.43 Å². The summed E-state index contributed by atoms with van der Waals surface area (Å²) in [5.74, 6) is 0. The van der Waals surface area contributed by atoms with E-state index >= 15 is 0 Å². The Balaban J connectivity index is 2.12. The summed E-state index contributed by atoms with van der Waals surface area (Å²) in [7, 11) is 0. The fourth-order valence-electron chi connectivity index (χ4n) is 0.520. The number of hydrogen-bond acceptors (Lipinski definition) is 4. The molecule has 0 amide bonds. The number of nitrogens with zero attached hydrogens (tertiary/aromatic N) is 1. The fourth-order valence-corrected chi connectivity index (χ4v) is 0.520. The molecule has 0 saturated carbocycles. The summed E-state index contributed by atoms with van der Waals surface area (Å²) in [6, 6.07) is 0. The zero-order valence-electron chi connectivity index (χ0n) is 4.02. The number of rotatable bonds is 0. The van der Waals surface area contributed by atoms with Crippen LogP contribution in [0, 0.1) is 0 Å². The van der Waals surface area contributed by atoms with E-state index in [1.807, 2.05) is 0 Å². The van der Waals surface area contributed by atoms with Crippen LogP contribution >= 0.6 is 0 Å². The van der Waals surface area contributed by atoms with Gasteiger partial charge in [0.25, 0.3) is 0 Å². The monoisotopic (exact) mass is 103 g/mol. The van der Waals surface area contributed by atoms with Crippen LogP contribution in [0.15, 0.2) is 0 Å². The molecule has 3 N–H and O–H groups in total. The Morgan fingerprint density at radius 3 is 2.71 bits per heavy atom. The number of hydroxylamine groups is 1. The first kappa shape index (κ1) is 4.99. The highest BCUT2D eigenvalue weighted by atomic mass is 16.5. The zero-order chi connectivity index (χ0) is 5.11. The van der Waals surface area contributed by atoms with E-state index in [-0.39, 0.29) is 0 Å². The van der Waals surface area contributed by atoms with Gasteiger partial charge >= 0.3 is 0 Å². The van der Waals surface area contributed by atoms with Crippen molar-refractivity contribution in [3.63, 3.8) is 0 Å². The highest BCUT2D eigenvalue weighted by Crippen LogP contribution is 1.83. The van der Waals surface area contributed by atoms with Crippen molar-refractivity contribution in [2.45, 2.75) is 6.42 Å². The molecular formula is C3H9N3O. The summed E-state index contributed by atoms with van der Waals surface area (Å²) in [6.45, 7) is 1.63. The van der Waals surface area contributed by atoms with Gasteiger partial charge in [0.1, 0.15) is 0 Å². The quantitative estimate of drug-likeness (QED) is 0.371. The summed E-state index contributed by atoms with van der Waals surface area (Å²) in [6.07, 6.45) is 0.990. The van der Waals surface area contributed by atoms with E-state index < -0.39 is 0 Å². The Hall–Kier alpha value is -0.160. The lowest BCUT2D eigenvalue weighted by molar-refractivity contribution is -0.162. The van der Waals surface area contributed by atoms with Crippen LogP contribution in [-0.4, -0.2) is 23.5 Å². The van der Waals surface area contributed by atoms with Crippen molar-refractivity contribution >= 4 is 0 Å². The summed E-state index contributed by atoms with van der Waals surface area (Å²) in [4.78, 5) is 0. The van der Waals surface area contributed by atoms with Gasteiger partial charge in [0.15, 0.2) is 0 Å². The Labute approximate surface area is 42.0 Å². The van der Waals surface area contributed by atoms with Crippen molar-refractivity contribution in [2.75, 3.05) is 13.1 Å². The second-order valence-corrected chi connectivity index (χ2v) is 1.52. The maximum absolute atomic E-state index is 8.57. The van der Waals surface area contributed by atoms with Crippen molar-refractivity contribution in [1.29, 1.82) is 0 Å². The highest BCUT2D eigenvalue weighted by molar-refractivity contribution is 4.47. The molecule has 0 aliphatic carbocycles. The first-order valence-corrected chi connectivity index (χ1v) is 2.34. The molecule has 0 aromatic rings. The van der Waals surface area contributed by atoms with Crippen LogP contribution in [0.4, 0.5) is 0 Å². The van der Waals surface area contributed by atoms with Gasteiger partial charge < -0.3 is 0 Å². The van der Waals surface area contributed by atoms with E-state index in [2.05, 4.69) is 11.0 Å². The first-order valence-electron chi connectivity index (χ1n) is 2.34. The first-order chi connectivity index (χ1) is 3.39.